The van der Waals surface area contributed by atoms with Crippen LogP contribution in [-0.4, -0.2) is 4.92 Å². The molecule has 0 saturated carbocycles. The molecule has 21 heavy (non-hydrogen) atoms. The highest BCUT2D eigenvalue weighted by atomic mass is 79.9. The van der Waals surface area contributed by atoms with Gasteiger partial charge in [0.2, 0.25) is 0 Å². The van der Waals surface area contributed by atoms with Crippen molar-refractivity contribution >= 4 is 21.6 Å². The average molecular weight is 357 g/mol. The molecule has 0 heterocycles. The van der Waals surface area contributed by atoms with Crippen LogP contribution in [-0.2, 0) is 13.1 Å². The lowest BCUT2D eigenvalue weighted by molar-refractivity contribution is -0.385. The normalized spacial score (nSPS) is 10.6. The molecule has 2 aromatic rings. The van der Waals surface area contributed by atoms with Crippen LogP contribution in [0.3, 0.4) is 0 Å². The number of rotatable bonds is 5. The first-order chi connectivity index (χ1) is 9.99. The number of halogens is 3. The Bertz CT molecular complexity index is 680. The lowest BCUT2D eigenvalue weighted by Crippen LogP contribution is -2.14. The van der Waals surface area contributed by atoms with Crippen LogP contribution in [0.25, 0.3) is 0 Å². The maximum absolute atomic E-state index is 13.4. The van der Waals surface area contributed by atoms with Gasteiger partial charge in [-0.3, -0.25) is 10.1 Å². The van der Waals surface area contributed by atoms with Crippen molar-refractivity contribution in [3.8, 4) is 0 Å². The molecule has 0 aromatic heterocycles. The highest BCUT2D eigenvalue weighted by Gasteiger charge is 2.14. The molecule has 0 saturated heterocycles. The Labute approximate surface area is 128 Å². The molecule has 0 atom stereocenters. The number of nitrogens with zero attached hydrogens (tertiary/aromatic N) is 1. The van der Waals surface area contributed by atoms with Crippen LogP contribution >= 0.6 is 15.9 Å². The smallest absolute Gasteiger partial charge is 0.283 e. The van der Waals surface area contributed by atoms with Crippen LogP contribution in [0.5, 0.6) is 0 Å². The maximum Gasteiger partial charge on any atom is 0.283 e. The number of hydrogen-bond acceptors (Lipinski definition) is 3. The fourth-order valence-electron chi connectivity index (χ4n) is 1.84. The fraction of sp³-hybridized carbons (Fsp3) is 0.143. The highest BCUT2D eigenvalue weighted by Crippen LogP contribution is 2.28. The third-order valence-electron chi connectivity index (χ3n) is 2.90. The molecule has 0 radical (unpaired) electrons. The summed E-state index contributed by atoms with van der Waals surface area (Å²) < 4.78 is 26.6. The van der Waals surface area contributed by atoms with E-state index in [0.717, 1.165) is 6.07 Å². The van der Waals surface area contributed by atoms with Crippen LogP contribution < -0.4 is 5.32 Å². The second-order valence-corrected chi connectivity index (χ2v) is 5.14. The van der Waals surface area contributed by atoms with E-state index in [2.05, 4.69) is 21.2 Å². The third-order valence-corrected chi connectivity index (χ3v) is 3.82. The Morgan fingerprint density at radius 2 is 1.86 bits per heavy atom. The fourth-order valence-corrected chi connectivity index (χ4v) is 2.39. The Balaban J connectivity index is 2.04. The van der Waals surface area contributed by atoms with E-state index in [0.29, 0.717) is 22.1 Å². The minimum Gasteiger partial charge on any atom is -0.308 e. The minimum atomic E-state index is -0.627. The second kappa shape index (κ2) is 6.73. The van der Waals surface area contributed by atoms with Gasteiger partial charge in [0.25, 0.3) is 5.69 Å². The van der Waals surface area contributed by atoms with Crippen LogP contribution in [0, 0.1) is 21.7 Å². The summed E-state index contributed by atoms with van der Waals surface area (Å²) >= 11 is 3.19. The monoisotopic (exact) mass is 356 g/mol. The molecule has 0 unspecified atom stereocenters. The summed E-state index contributed by atoms with van der Waals surface area (Å²) in [5.41, 5.74) is 0.993. The van der Waals surface area contributed by atoms with Crippen molar-refractivity contribution in [1.82, 2.24) is 5.32 Å². The van der Waals surface area contributed by atoms with Gasteiger partial charge in [-0.15, -0.1) is 0 Å². The van der Waals surface area contributed by atoms with E-state index in [1.807, 2.05) is 0 Å². The lowest BCUT2D eigenvalue weighted by Gasteiger charge is -2.08. The van der Waals surface area contributed by atoms with Gasteiger partial charge in [0.15, 0.2) is 0 Å². The quantitative estimate of drug-likeness (QED) is 0.652. The van der Waals surface area contributed by atoms with Crippen molar-refractivity contribution in [1.29, 1.82) is 0 Å². The minimum absolute atomic E-state index is 0.0257. The summed E-state index contributed by atoms with van der Waals surface area (Å²) in [5.74, 6) is -1.25. The molecule has 1 N–H and O–H groups in total. The molecule has 7 heteroatoms. The SMILES string of the molecule is O=[N+]([O-])c1cccc(CNCc2ccc(F)cc2F)c1Br. The van der Waals surface area contributed by atoms with Crippen LogP contribution in [0.2, 0.25) is 0 Å². The zero-order valence-corrected chi connectivity index (χ0v) is 12.4. The summed E-state index contributed by atoms with van der Waals surface area (Å²) in [6.07, 6.45) is 0. The van der Waals surface area contributed by atoms with Crippen molar-refractivity contribution in [2.75, 3.05) is 0 Å². The van der Waals surface area contributed by atoms with Crippen molar-refractivity contribution < 1.29 is 13.7 Å². The van der Waals surface area contributed by atoms with Crippen LogP contribution in [0.4, 0.5) is 14.5 Å². The molecule has 110 valence electrons. The molecule has 2 aromatic carbocycles. The van der Waals surface area contributed by atoms with Crippen molar-refractivity contribution in [3.63, 3.8) is 0 Å². The van der Waals surface area contributed by atoms with Gasteiger partial charge in [-0.1, -0.05) is 18.2 Å². The predicted octanol–water partition coefficient (Wildman–Crippen LogP) is 3.93. The number of hydrogen-bond donors (Lipinski definition) is 1. The summed E-state index contributed by atoms with van der Waals surface area (Å²) in [5, 5.41) is 13.8. The molecule has 0 bridgehead atoms. The van der Waals surface area contributed by atoms with Gasteiger partial charge in [-0.25, -0.2) is 8.78 Å². The topological polar surface area (TPSA) is 55.2 Å². The second-order valence-electron chi connectivity index (χ2n) is 4.35. The molecule has 0 amide bonds. The van der Waals surface area contributed by atoms with Gasteiger partial charge in [0, 0.05) is 30.8 Å². The predicted molar refractivity (Wildman–Crippen MR) is 77.7 cm³/mol. The number of nitro groups is 1. The molecule has 0 aliphatic carbocycles. The van der Waals surface area contributed by atoms with E-state index >= 15 is 0 Å². The number of nitro benzene ring substituents is 1. The maximum atomic E-state index is 13.4. The first kappa shape index (κ1) is 15.5. The van der Waals surface area contributed by atoms with E-state index < -0.39 is 16.6 Å². The first-order valence-electron chi connectivity index (χ1n) is 6.05. The van der Waals surface area contributed by atoms with Gasteiger partial charge < -0.3 is 5.32 Å². The summed E-state index contributed by atoms with van der Waals surface area (Å²) in [7, 11) is 0. The van der Waals surface area contributed by atoms with Gasteiger partial charge in [0.1, 0.15) is 11.6 Å². The largest absolute Gasteiger partial charge is 0.308 e. The molecule has 0 aliphatic heterocycles. The Hall–Kier alpha value is -1.86. The molecule has 0 aliphatic rings. The van der Waals surface area contributed by atoms with Crippen molar-refractivity contribution in [3.05, 3.63) is 73.7 Å². The summed E-state index contributed by atoms with van der Waals surface area (Å²) in [6.45, 7) is 0.514. The highest BCUT2D eigenvalue weighted by molar-refractivity contribution is 9.10. The summed E-state index contributed by atoms with van der Waals surface area (Å²) in [6, 6.07) is 8.07. The Morgan fingerprint density at radius 3 is 2.52 bits per heavy atom. The molecular formula is C14H11BrF2N2O2. The van der Waals surface area contributed by atoms with Gasteiger partial charge in [-0.05, 0) is 27.6 Å². The summed E-state index contributed by atoms with van der Waals surface area (Å²) in [4.78, 5) is 10.3. The lowest BCUT2D eigenvalue weighted by atomic mass is 10.1. The van der Waals surface area contributed by atoms with Gasteiger partial charge in [-0.2, -0.15) is 0 Å². The zero-order chi connectivity index (χ0) is 15.4. The number of benzene rings is 2. The Morgan fingerprint density at radius 1 is 1.14 bits per heavy atom. The molecular weight excluding hydrogens is 346 g/mol. The van der Waals surface area contributed by atoms with E-state index in [-0.39, 0.29) is 12.2 Å². The standard InChI is InChI=1S/C14H11BrF2N2O2/c15-14-10(2-1-3-13(14)19(20)21)8-18-7-9-4-5-11(16)6-12(9)17/h1-6,18H,7-8H2. The van der Waals surface area contributed by atoms with Crippen molar-refractivity contribution in [2.24, 2.45) is 0 Å². The van der Waals surface area contributed by atoms with Crippen LogP contribution in [0.15, 0.2) is 40.9 Å². The van der Waals surface area contributed by atoms with E-state index in [9.17, 15) is 18.9 Å². The molecule has 2 rings (SSSR count). The molecule has 4 nitrogen and oxygen atoms in total. The first-order valence-corrected chi connectivity index (χ1v) is 6.84. The Kier molecular flexibility index (Phi) is 4.98. The third kappa shape index (κ3) is 3.83. The van der Waals surface area contributed by atoms with Gasteiger partial charge in [0.05, 0.1) is 9.40 Å². The van der Waals surface area contributed by atoms with E-state index in [1.54, 1.807) is 12.1 Å². The van der Waals surface area contributed by atoms with Crippen LogP contribution in [0.1, 0.15) is 11.1 Å². The van der Waals surface area contributed by atoms with E-state index in [4.69, 9.17) is 0 Å². The zero-order valence-electron chi connectivity index (χ0n) is 10.8. The van der Waals surface area contributed by atoms with Gasteiger partial charge >= 0.3 is 0 Å². The van der Waals surface area contributed by atoms with Crippen molar-refractivity contribution in [2.45, 2.75) is 13.1 Å². The average Bonchev–Trinajstić information content (AvgIpc) is 2.42. The molecule has 0 fully saturated rings. The number of nitrogens with one attached hydrogen (secondary N) is 1. The molecule has 0 spiro atoms. The van der Waals surface area contributed by atoms with E-state index in [1.165, 1.54) is 18.2 Å².